The molecule has 118 valence electrons. The molecular weight excluding hydrogens is 344 g/mol. The number of benzene rings is 1. The first-order valence-electron chi connectivity index (χ1n) is 7.78. The number of nitrogens with zero attached hydrogens (tertiary/aromatic N) is 2. The van der Waals surface area contributed by atoms with Gasteiger partial charge < -0.3 is 0 Å². The summed E-state index contributed by atoms with van der Waals surface area (Å²) in [6.07, 6.45) is 4.32. The van der Waals surface area contributed by atoms with Crippen molar-refractivity contribution < 1.29 is 9.59 Å². The van der Waals surface area contributed by atoms with Gasteiger partial charge in [0.05, 0.1) is 12.1 Å². The largest absolute Gasteiger partial charge is 0.284 e. The summed E-state index contributed by atoms with van der Waals surface area (Å²) in [4.78, 5) is 28.4. The van der Waals surface area contributed by atoms with E-state index in [0.717, 1.165) is 36.7 Å². The molecule has 0 N–H and O–H groups in total. The summed E-state index contributed by atoms with van der Waals surface area (Å²) in [5, 5.41) is 0. The van der Waals surface area contributed by atoms with Gasteiger partial charge in [0.1, 0.15) is 0 Å². The van der Waals surface area contributed by atoms with Gasteiger partial charge in [-0.25, -0.2) is 0 Å². The summed E-state index contributed by atoms with van der Waals surface area (Å²) in [7, 11) is 1.95. The quantitative estimate of drug-likeness (QED) is 0.770. The van der Waals surface area contributed by atoms with Crippen LogP contribution in [0.4, 0.5) is 0 Å². The van der Waals surface area contributed by atoms with E-state index in [1.54, 1.807) is 0 Å². The van der Waals surface area contributed by atoms with Gasteiger partial charge >= 0.3 is 0 Å². The van der Waals surface area contributed by atoms with E-state index in [2.05, 4.69) is 15.9 Å². The van der Waals surface area contributed by atoms with Crippen molar-refractivity contribution >= 4 is 27.7 Å². The number of halogens is 1. The van der Waals surface area contributed by atoms with Crippen LogP contribution in [0, 0.1) is 5.41 Å². The highest BCUT2D eigenvalue weighted by Gasteiger charge is 2.52. The molecule has 1 saturated heterocycles. The lowest BCUT2D eigenvalue weighted by Gasteiger charge is -2.25. The second kappa shape index (κ2) is 6.13. The molecule has 0 bridgehead atoms. The van der Waals surface area contributed by atoms with E-state index < -0.39 is 0 Å². The number of imide groups is 1. The predicted molar refractivity (Wildman–Crippen MR) is 87.8 cm³/mol. The van der Waals surface area contributed by atoms with E-state index in [-0.39, 0.29) is 17.2 Å². The molecule has 0 radical (unpaired) electrons. The summed E-state index contributed by atoms with van der Waals surface area (Å²) in [5.41, 5.74) is 0.801. The number of rotatable bonds is 4. The van der Waals surface area contributed by atoms with Crippen LogP contribution in [0.3, 0.4) is 0 Å². The smallest absolute Gasteiger partial charge is 0.237 e. The maximum atomic E-state index is 12.6. The Bertz CT molecular complexity index is 579. The van der Waals surface area contributed by atoms with Crippen molar-refractivity contribution in [3.63, 3.8) is 0 Å². The molecule has 2 aliphatic rings. The van der Waals surface area contributed by atoms with Crippen molar-refractivity contribution in [1.82, 2.24) is 9.80 Å². The van der Waals surface area contributed by atoms with Crippen LogP contribution in [-0.4, -0.2) is 35.3 Å². The number of likely N-dealkylation sites (tertiary alicyclic amines) is 1. The fourth-order valence-corrected chi connectivity index (χ4v) is 3.90. The molecule has 1 aliphatic heterocycles. The number of carbonyl (C=O) groups excluding carboxylic acids is 2. The van der Waals surface area contributed by atoms with Crippen LogP contribution in [0.5, 0.6) is 0 Å². The zero-order valence-corrected chi connectivity index (χ0v) is 14.4. The average molecular weight is 365 g/mol. The van der Waals surface area contributed by atoms with Crippen LogP contribution in [0.25, 0.3) is 0 Å². The van der Waals surface area contributed by atoms with Crippen molar-refractivity contribution in [2.75, 3.05) is 13.7 Å². The molecule has 3 rings (SSSR count). The Morgan fingerprint density at radius 2 is 1.82 bits per heavy atom. The molecular formula is C17H21BrN2O2. The lowest BCUT2D eigenvalue weighted by Crippen LogP contribution is -2.41. The van der Waals surface area contributed by atoms with Gasteiger partial charge in [0.15, 0.2) is 0 Å². The Morgan fingerprint density at radius 3 is 2.45 bits per heavy atom. The van der Waals surface area contributed by atoms with Crippen LogP contribution >= 0.6 is 15.9 Å². The van der Waals surface area contributed by atoms with Gasteiger partial charge in [-0.15, -0.1) is 0 Å². The molecule has 1 heterocycles. The minimum Gasteiger partial charge on any atom is -0.284 e. The van der Waals surface area contributed by atoms with Crippen LogP contribution in [0.15, 0.2) is 28.7 Å². The Balaban J connectivity index is 1.63. The molecule has 1 aromatic rings. The number of carbonyl (C=O) groups is 2. The fourth-order valence-electron chi connectivity index (χ4n) is 3.64. The number of amides is 2. The first-order valence-corrected chi connectivity index (χ1v) is 8.57. The van der Waals surface area contributed by atoms with Gasteiger partial charge in [0, 0.05) is 17.4 Å². The van der Waals surface area contributed by atoms with E-state index in [4.69, 9.17) is 0 Å². The molecule has 1 saturated carbocycles. The van der Waals surface area contributed by atoms with Crippen LogP contribution in [0.1, 0.15) is 37.7 Å². The van der Waals surface area contributed by atoms with Crippen molar-refractivity contribution in [1.29, 1.82) is 0 Å². The molecule has 1 aromatic carbocycles. The molecule has 0 atom stereocenters. The van der Waals surface area contributed by atoms with Gasteiger partial charge in [0.25, 0.3) is 0 Å². The molecule has 0 unspecified atom stereocenters. The predicted octanol–water partition coefficient (Wildman–Crippen LogP) is 3.16. The lowest BCUT2D eigenvalue weighted by molar-refractivity contribution is -0.143. The van der Waals surface area contributed by atoms with E-state index >= 15 is 0 Å². The molecule has 2 amide bonds. The monoisotopic (exact) mass is 364 g/mol. The third kappa shape index (κ3) is 2.97. The van der Waals surface area contributed by atoms with Crippen molar-refractivity contribution in [3.05, 3.63) is 34.3 Å². The van der Waals surface area contributed by atoms with E-state index in [1.165, 1.54) is 10.5 Å². The van der Waals surface area contributed by atoms with Crippen molar-refractivity contribution in [2.45, 2.75) is 38.6 Å². The standard InChI is InChI=1S/C17H21BrN2O2/c1-19(11-13-4-6-14(18)7-5-13)12-20-15(21)10-17(16(20)22)8-2-3-9-17/h4-7H,2-3,8-12H2,1H3. The molecule has 2 fully saturated rings. The van der Waals surface area contributed by atoms with Crippen LogP contribution < -0.4 is 0 Å². The first-order chi connectivity index (χ1) is 10.5. The summed E-state index contributed by atoms with van der Waals surface area (Å²) in [6.45, 7) is 1.10. The molecule has 22 heavy (non-hydrogen) atoms. The van der Waals surface area contributed by atoms with Crippen molar-refractivity contribution in [2.24, 2.45) is 5.41 Å². The summed E-state index contributed by atoms with van der Waals surface area (Å²) >= 11 is 3.42. The second-order valence-corrected chi connectivity index (χ2v) is 7.49. The topological polar surface area (TPSA) is 40.6 Å². The minimum atomic E-state index is -0.366. The van der Waals surface area contributed by atoms with Crippen LogP contribution in [-0.2, 0) is 16.1 Å². The number of hydrogen-bond donors (Lipinski definition) is 0. The zero-order valence-electron chi connectivity index (χ0n) is 12.8. The maximum absolute atomic E-state index is 12.6. The third-order valence-electron chi connectivity index (χ3n) is 4.80. The second-order valence-electron chi connectivity index (χ2n) is 6.57. The van der Waals surface area contributed by atoms with Gasteiger partial charge in [-0.2, -0.15) is 0 Å². The fraction of sp³-hybridized carbons (Fsp3) is 0.529. The summed E-state index contributed by atoms with van der Waals surface area (Å²) in [5.74, 6) is 0.0483. The average Bonchev–Trinajstić information content (AvgIpc) is 3.03. The highest BCUT2D eigenvalue weighted by atomic mass is 79.9. The lowest BCUT2D eigenvalue weighted by atomic mass is 9.85. The summed E-state index contributed by atoms with van der Waals surface area (Å²) in [6, 6.07) is 8.10. The van der Waals surface area contributed by atoms with Gasteiger partial charge in [-0.1, -0.05) is 40.9 Å². The highest BCUT2D eigenvalue weighted by Crippen LogP contribution is 2.46. The van der Waals surface area contributed by atoms with Gasteiger partial charge in [0.2, 0.25) is 11.8 Å². The molecule has 1 aliphatic carbocycles. The normalized spacial score (nSPS) is 20.6. The molecule has 5 heteroatoms. The Hall–Kier alpha value is -1.20. The Kier molecular flexibility index (Phi) is 4.37. The molecule has 4 nitrogen and oxygen atoms in total. The van der Waals surface area contributed by atoms with E-state index in [0.29, 0.717) is 13.1 Å². The SMILES string of the molecule is CN(Cc1ccc(Br)cc1)CN1C(=O)CC2(CCCC2)C1=O. The number of hydrogen-bond acceptors (Lipinski definition) is 3. The van der Waals surface area contributed by atoms with Gasteiger partial charge in [-0.3, -0.25) is 19.4 Å². The zero-order chi connectivity index (χ0) is 15.7. The molecule has 0 aromatic heterocycles. The third-order valence-corrected chi connectivity index (χ3v) is 5.33. The van der Waals surface area contributed by atoms with Crippen LogP contribution in [0.2, 0.25) is 0 Å². The van der Waals surface area contributed by atoms with Crippen molar-refractivity contribution in [3.8, 4) is 0 Å². The van der Waals surface area contributed by atoms with E-state index in [1.807, 2.05) is 36.2 Å². The maximum Gasteiger partial charge on any atom is 0.237 e. The van der Waals surface area contributed by atoms with E-state index in [9.17, 15) is 9.59 Å². The minimum absolute atomic E-state index is 0.00504. The highest BCUT2D eigenvalue weighted by molar-refractivity contribution is 9.10. The summed E-state index contributed by atoms with van der Waals surface area (Å²) < 4.78 is 1.05. The van der Waals surface area contributed by atoms with Gasteiger partial charge in [-0.05, 0) is 37.6 Å². The Labute approximate surface area is 139 Å². The first kappa shape index (κ1) is 15.7. The molecule has 1 spiro atoms. The Morgan fingerprint density at radius 1 is 1.18 bits per heavy atom.